The van der Waals surface area contributed by atoms with Gasteiger partial charge in [-0.2, -0.15) is 0 Å². The first kappa shape index (κ1) is 14.9. The molecule has 1 aromatic carbocycles. The van der Waals surface area contributed by atoms with Gasteiger partial charge in [-0.25, -0.2) is 4.39 Å². The summed E-state index contributed by atoms with van der Waals surface area (Å²) in [5.74, 6) is -0.244. The summed E-state index contributed by atoms with van der Waals surface area (Å²) >= 11 is 0. The molecule has 110 valence electrons. The van der Waals surface area contributed by atoms with Crippen LogP contribution in [0.15, 0.2) is 24.3 Å². The predicted molar refractivity (Wildman–Crippen MR) is 74.6 cm³/mol. The summed E-state index contributed by atoms with van der Waals surface area (Å²) in [6.07, 6.45) is -0.220. The molecule has 1 aliphatic heterocycles. The van der Waals surface area contributed by atoms with Crippen molar-refractivity contribution in [2.24, 2.45) is 0 Å². The van der Waals surface area contributed by atoms with Crippen molar-refractivity contribution < 1.29 is 13.9 Å². The van der Waals surface area contributed by atoms with Crippen molar-refractivity contribution in [3.63, 3.8) is 0 Å². The van der Waals surface area contributed by atoms with Crippen LogP contribution in [0.4, 0.5) is 4.39 Å². The lowest BCUT2D eigenvalue weighted by Gasteiger charge is -2.33. The molecule has 1 fully saturated rings. The van der Waals surface area contributed by atoms with Gasteiger partial charge in [-0.1, -0.05) is 12.1 Å². The molecule has 0 bridgehead atoms. The molecule has 1 unspecified atom stereocenters. The van der Waals surface area contributed by atoms with Gasteiger partial charge in [-0.05, 0) is 38.5 Å². The molecule has 1 aromatic rings. The fourth-order valence-corrected chi connectivity index (χ4v) is 2.51. The van der Waals surface area contributed by atoms with Crippen LogP contribution in [0.25, 0.3) is 0 Å². The molecule has 1 N–H and O–H groups in total. The molecule has 1 heterocycles. The fourth-order valence-electron chi connectivity index (χ4n) is 2.51. The lowest BCUT2D eigenvalue weighted by Crippen LogP contribution is -2.43. The molecule has 0 radical (unpaired) electrons. The number of hydrogen-bond donors (Lipinski definition) is 1. The van der Waals surface area contributed by atoms with Gasteiger partial charge in [-0.15, -0.1) is 0 Å². The van der Waals surface area contributed by atoms with Gasteiger partial charge in [0.1, 0.15) is 12.0 Å². The molecule has 2 rings (SSSR count). The number of amides is 1. The van der Waals surface area contributed by atoms with Crippen LogP contribution in [0.1, 0.15) is 32.5 Å². The largest absolute Gasteiger partial charge is 0.374 e. The van der Waals surface area contributed by atoms with Gasteiger partial charge >= 0.3 is 0 Å². The summed E-state index contributed by atoms with van der Waals surface area (Å²) < 4.78 is 18.7. The van der Waals surface area contributed by atoms with Gasteiger partial charge in [0.2, 0.25) is 5.91 Å². The molecule has 20 heavy (non-hydrogen) atoms. The SMILES string of the molecule is CCOC(C)(C)CN1C(=O)CNC1c1ccc(F)cc1. The van der Waals surface area contributed by atoms with E-state index in [2.05, 4.69) is 5.32 Å². The molecular formula is C15H21FN2O2. The third-order valence-electron chi connectivity index (χ3n) is 3.35. The fraction of sp³-hybridized carbons (Fsp3) is 0.533. The Balaban J connectivity index is 2.16. The van der Waals surface area contributed by atoms with E-state index in [-0.39, 0.29) is 17.9 Å². The predicted octanol–water partition coefficient (Wildman–Crippen LogP) is 2.07. The second kappa shape index (κ2) is 5.89. The first-order chi connectivity index (χ1) is 9.43. The van der Waals surface area contributed by atoms with E-state index in [4.69, 9.17) is 4.74 Å². The number of rotatable bonds is 5. The van der Waals surface area contributed by atoms with E-state index >= 15 is 0 Å². The Morgan fingerprint density at radius 3 is 2.65 bits per heavy atom. The minimum absolute atomic E-state index is 0.0344. The highest BCUT2D eigenvalue weighted by atomic mass is 19.1. The third kappa shape index (κ3) is 3.35. The van der Waals surface area contributed by atoms with E-state index in [1.807, 2.05) is 20.8 Å². The highest BCUT2D eigenvalue weighted by molar-refractivity contribution is 5.81. The zero-order chi connectivity index (χ0) is 14.8. The van der Waals surface area contributed by atoms with Crippen molar-refractivity contribution in [2.75, 3.05) is 19.7 Å². The smallest absolute Gasteiger partial charge is 0.238 e. The Hall–Kier alpha value is -1.46. The first-order valence-corrected chi connectivity index (χ1v) is 6.85. The molecule has 0 saturated carbocycles. The maximum absolute atomic E-state index is 13.0. The van der Waals surface area contributed by atoms with Crippen molar-refractivity contribution in [2.45, 2.75) is 32.5 Å². The van der Waals surface area contributed by atoms with Crippen LogP contribution < -0.4 is 5.32 Å². The maximum Gasteiger partial charge on any atom is 0.238 e. The zero-order valence-corrected chi connectivity index (χ0v) is 12.1. The number of benzene rings is 1. The highest BCUT2D eigenvalue weighted by Crippen LogP contribution is 2.25. The molecular weight excluding hydrogens is 259 g/mol. The van der Waals surface area contributed by atoms with Crippen LogP contribution in [-0.2, 0) is 9.53 Å². The quantitative estimate of drug-likeness (QED) is 0.897. The molecule has 0 aromatic heterocycles. The van der Waals surface area contributed by atoms with E-state index in [0.717, 1.165) is 5.56 Å². The lowest BCUT2D eigenvalue weighted by atomic mass is 10.1. The Kier molecular flexibility index (Phi) is 4.40. The van der Waals surface area contributed by atoms with Crippen LogP contribution in [-0.4, -0.2) is 36.1 Å². The molecule has 1 aliphatic rings. The maximum atomic E-state index is 13.0. The van der Waals surface area contributed by atoms with Crippen LogP contribution >= 0.6 is 0 Å². The summed E-state index contributed by atoms with van der Waals surface area (Å²) in [6.45, 7) is 7.25. The molecule has 4 nitrogen and oxygen atoms in total. The van der Waals surface area contributed by atoms with Gasteiger partial charge in [0, 0.05) is 6.61 Å². The number of carbonyl (C=O) groups is 1. The van der Waals surface area contributed by atoms with Gasteiger partial charge in [0.25, 0.3) is 0 Å². The number of nitrogens with one attached hydrogen (secondary N) is 1. The highest BCUT2D eigenvalue weighted by Gasteiger charge is 2.35. The second-order valence-corrected chi connectivity index (χ2v) is 5.55. The monoisotopic (exact) mass is 280 g/mol. The molecule has 5 heteroatoms. The average Bonchev–Trinajstić information content (AvgIpc) is 2.72. The summed E-state index contributed by atoms with van der Waals surface area (Å²) in [6, 6.07) is 6.22. The number of ether oxygens (including phenoxy) is 1. The van der Waals surface area contributed by atoms with E-state index in [1.165, 1.54) is 12.1 Å². The molecule has 1 amide bonds. The van der Waals surface area contributed by atoms with E-state index in [0.29, 0.717) is 19.7 Å². The van der Waals surface area contributed by atoms with Crippen LogP contribution in [0.3, 0.4) is 0 Å². The van der Waals surface area contributed by atoms with Crippen LogP contribution in [0.2, 0.25) is 0 Å². The minimum Gasteiger partial charge on any atom is -0.374 e. The zero-order valence-electron chi connectivity index (χ0n) is 12.1. The van der Waals surface area contributed by atoms with Crippen molar-refractivity contribution >= 4 is 5.91 Å². The van der Waals surface area contributed by atoms with Crippen molar-refractivity contribution in [1.29, 1.82) is 0 Å². The van der Waals surface area contributed by atoms with Crippen molar-refractivity contribution in [1.82, 2.24) is 10.2 Å². The number of carbonyl (C=O) groups excluding carboxylic acids is 1. The first-order valence-electron chi connectivity index (χ1n) is 6.85. The van der Waals surface area contributed by atoms with E-state index < -0.39 is 5.60 Å². The minimum atomic E-state index is -0.408. The summed E-state index contributed by atoms with van der Waals surface area (Å²) in [4.78, 5) is 13.8. The standard InChI is InChI=1S/C15H21FN2O2/c1-4-20-15(2,3)10-18-13(19)9-17-14(18)11-5-7-12(16)8-6-11/h5-8,14,17H,4,9-10H2,1-3H3. The Bertz CT molecular complexity index is 473. The van der Waals surface area contributed by atoms with Gasteiger partial charge in [0.05, 0.1) is 18.7 Å². The normalized spacial score (nSPS) is 19.7. The Morgan fingerprint density at radius 2 is 2.05 bits per heavy atom. The number of nitrogens with zero attached hydrogens (tertiary/aromatic N) is 1. The summed E-state index contributed by atoms with van der Waals surface area (Å²) in [5.41, 5.74) is 0.471. The number of halogens is 1. The molecule has 0 aliphatic carbocycles. The van der Waals surface area contributed by atoms with Gasteiger partial charge in [-0.3, -0.25) is 10.1 Å². The van der Waals surface area contributed by atoms with Gasteiger partial charge < -0.3 is 9.64 Å². The van der Waals surface area contributed by atoms with Crippen LogP contribution in [0, 0.1) is 5.82 Å². The lowest BCUT2D eigenvalue weighted by molar-refractivity contribution is -0.132. The Morgan fingerprint density at radius 1 is 1.40 bits per heavy atom. The van der Waals surface area contributed by atoms with Crippen molar-refractivity contribution in [3.05, 3.63) is 35.6 Å². The second-order valence-electron chi connectivity index (χ2n) is 5.55. The van der Waals surface area contributed by atoms with E-state index in [9.17, 15) is 9.18 Å². The third-order valence-corrected chi connectivity index (χ3v) is 3.35. The molecule has 1 saturated heterocycles. The van der Waals surface area contributed by atoms with E-state index in [1.54, 1.807) is 17.0 Å². The summed E-state index contributed by atoms with van der Waals surface area (Å²) in [5, 5.41) is 3.16. The summed E-state index contributed by atoms with van der Waals surface area (Å²) in [7, 11) is 0. The average molecular weight is 280 g/mol. The number of hydrogen-bond acceptors (Lipinski definition) is 3. The molecule has 0 spiro atoms. The van der Waals surface area contributed by atoms with Crippen LogP contribution in [0.5, 0.6) is 0 Å². The van der Waals surface area contributed by atoms with Gasteiger partial charge in [0.15, 0.2) is 0 Å². The topological polar surface area (TPSA) is 41.6 Å². The Labute approximate surface area is 118 Å². The molecule has 1 atom stereocenters. The van der Waals surface area contributed by atoms with Crippen molar-refractivity contribution in [3.8, 4) is 0 Å².